The zero-order valence-corrected chi connectivity index (χ0v) is 9.97. The number of para-hydroxylation sites is 1. The maximum atomic E-state index is 13.1. The van der Waals surface area contributed by atoms with Gasteiger partial charge in [0.1, 0.15) is 6.07 Å². The molecule has 2 rings (SSSR count). The van der Waals surface area contributed by atoms with E-state index in [4.69, 9.17) is 5.26 Å². The molecule has 0 saturated carbocycles. The lowest BCUT2D eigenvalue weighted by atomic mass is 10.1. The van der Waals surface area contributed by atoms with E-state index in [2.05, 4.69) is 5.32 Å². The molecule has 0 spiro atoms. The fourth-order valence-electron chi connectivity index (χ4n) is 1.70. The first-order chi connectivity index (χ1) is 9.02. The summed E-state index contributed by atoms with van der Waals surface area (Å²) in [5.74, 6) is -4.08. The van der Waals surface area contributed by atoms with Crippen LogP contribution in [-0.4, -0.2) is 0 Å². The van der Waals surface area contributed by atoms with Crippen molar-refractivity contribution in [1.82, 2.24) is 0 Å². The quantitative estimate of drug-likeness (QED) is 0.829. The summed E-state index contributed by atoms with van der Waals surface area (Å²) in [5.41, 5.74) is 1.56. The summed E-state index contributed by atoms with van der Waals surface area (Å²) in [6.07, 6.45) is 0. The Kier molecular flexibility index (Phi) is 3.43. The highest BCUT2D eigenvalue weighted by Gasteiger charge is 2.12. The Labute approximate surface area is 108 Å². The van der Waals surface area contributed by atoms with Crippen LogP contribution >= 0.6 is 0 Å². The van der Waals surface area contributed by atoms with Gasteiger partial charge in [0.05, 0.1) is 11.3 Å². The largest absolute Gasteiger partial charge is 0.354 e. The summed E-state index contributed by atoms with van der Waals surface area (Å²) in [4.78, 5) is 0. The number of hydrogen-bond donors (Lipinski definition) is 1. The Morgan fingerprint density at radius 2 is 1.74 bits per heavy atom. The van der Waals surface area contributed by atoms with Gasteiger partial charge < -0.3 is 5.32 Å². The van der Waals surface area contributed by atoms with E-state index in [0.29, 0.717) is 11.3 Å². The molecule has 0 unspecified atom stereocenters. The van der Waals surface area contributed by atoms with Gasteiger partial charge >= 0.3 is 0 Å². The van der Waals surface area contributed by atoms with E-state index in [-0.39, 0.29) is 5.69 Å². The topological polar surface area (TPSA) is 35.8 Å². The Hall–Kier alpha value is -2.48. The maximum absolute atomic E-state index is 13.1. The van der Waals surface area contributed by atoms with Crippen molar-refractivity contribution in [1.29, 1.82) is 5.26 Å². The molecule has 0 fully saturated rings. The van der Waals surface area contributed by atoms with Crippen LogP contribution in [0.3, 0.4) is 0 Å². The van der Waals surface area contributed by atoms with Crippen LogP contribution < -0.4 is 5.32 Å². The van der Waals surface area contributed by atoms with E-state index < -0.39 is 17.5 Å². The van der Waals surface area contributed by atoms with E-state index in [1.54, 1.807) is 25.1 Å². The number of hydrogen-bond acceptors (Lipinski definition) is 2. The van der Waals surface area contributed by atoms with Gasteiger partial charge in [-0.25, -0.2) is 13.2 Å². The summed E-state index contributed by atoms with van der Waals surface area (Å²) in [7, 11) is 0. The zero-order valence-electron chi connectivity index (χ0n) is 9.97. The molecule has 0 bridgehead atoms. The minimum absolute atomic E-state index is 0.0437. The van der Waals surface area contributed by atoms with E-state index in [1.165, 1.54) is 0 Å². The maximum Gasteiger partial charge on any atom is 0.194 e. The highest BCUT2D eigenvalue weighted by molar-refractivity contribution is 5.69. The average Bonchev–Trinajstić information content (AvgIpc) is 2.38. The predicted molar refractivity (Wildman–Crippen MR) is 65.5 cm³/mol. The fraction of sp³-hybridized carbons (Fsp3) is 0.0714. The minimum atomic E-state index is -1.52. The van der Waals surface area contributed by atoms with Crippen molar-refractivity contribution in [3.05, 3.63) is 58.9 Å². The van der Waals surface area contributed by atoms with Crippen LogP contribution in [0.1, 0.15) is 11.1 Å². The molecule has 2 nitrogen and oxygen atoms in total. The van der Waals surface area contributed by atoms with E-state index >= 15 is 0 Å². The van der Waals surface area contributed by atoms with Gasteiger partial charge in [-0.15, -0.1) is 0 Å². The third kappa shape index (κ3) is 2.52. The molecule has 0 aromatic heterocycles. The summed E-state index contributed by atoms with van der Waals surface area (Å²) in [6, 6.07) is 8.68. The summed E-state index contributed by atoms with van der Waals surface area (Å²) >= 11 is 0. The van der Waals surface area contributed by atoms with Gasteiger partial charge in [0.2, 0.25) is 0 Å². The van der Waals surface area contributed by atoms with Crippen LogP contribution in [-0.2, 0) is 0 Å². The molecule has 0 amide bonds. The molecule has 2 aromatic rings. The molecule has 5 heteroatoms. The number of aryl methyl sites for hydroxylation is 1. The SMILES string of the molecule is Cc1cccc(C#N)c1Nc1cc(F)c(F)c(F)c1. The van der Waals surface area contributed by atoms with Crippen molar-refractivity contribution in [2.45, 2.75) is 6.92 Å². The number of benzene rings is 2. The number of nitrogens with zero attached hydrogens (tertiary/aromatic N) is 1. The fourth-order valence-corrected chi connectivity index (χ4v) is 1.70. The number of nitrogens with one attached hydrogen (secondary N) is 1. The van der Waals surface area contributed by atoms with Crippen LogP contribution in [0.2, 0.25) is 0 Å². The lowest BCUT2D eigenvalue weighted by Crippen LogP contribution is -1.99. The summed E-state index contributed by atoms with van der Waals surface area (Å²) in [5, 5.41) is 11.7. The molecule has 19 heavy (non-hydrogen) atoms. The number of rotatable bonds is 2. The average molecular weight is 262 g/mol. The summed E-state index contributed by atoms with van der Waals surface area (Å²) < 4.78 is 39.1. The molecule has 0 atom stereocenters. The van der Waals surface area contributed by atoms with Crippen molar-refractivity contribution >= 4 is 11.4 Å². The van der Waals surface area contributed by atoms with Gasteiger partial charge in [0.25, 0.3) is 0 Å². The van der Waals surface area contributed by atoms with Gasteiger partial charge in [-0.05, 0) is 18.6 Å². The lowest BCUT2D eigenvalue weighted by Gasteiger charge is -2.11. The third-order valence-corrected chi connectivity index (χ3v) is 2.65. The van der Waals surface area contributed by atoms with Crippen molar-refractivity contribution in [2.24, 2.45) is 0 Å². The van der Waals surface area contributed by atoms with Crippen LogP contribution in [0.15, 0.2) is 30.3 Å². The molecular formula is C14H9F3N2. The van der Waals surface area contributed by atoms with Gasteiger partial charge in [0.15, 0.2) is 17.5 Å². The molecule has 0 aliphatic heterocycles. The van der Waals surface area contributed by atoms with Crippen molar-refractivity contribution in [2.75, 3.05) is 5.32 Å². The molecule has 96 valence electrons. The minimum Gasteiger partial charge on any atom is -0.354 e. The monoisotopic (exact) mass is 262 g/mol. The first-order valence-corrected chi connectivity index (χ1v) is 5.44. The number of anilines is 2. The van der Waals surface area contributed by atoms with Crippen LogP contribution in [0.25, 0.3) is 0 Å². The summed E-state index contributed by atoms with van der Waals surface area (Å²) in [6.45, 7) is 1.75. The molecule has 0 heterocycles. The molecule has 1 N–H and O–H groups in total. The van der Waals surface area contributed by atoms with Gasteiger partial charge in [-0.3, -0.25) is 0 Å². The highest BCUT2D eigenvalue weighted by atomic mass is 19.2. The Morgan fingerprint density at radius 1 is 1.11 bits per heavy atom. The van der Waals surface area contributed by atoms with Crippen molar-refractivity contribution < 1.29 is 13.2 Å². The first kappa shape index (κ1) is 13.0. The zero-order chi connectivity index (χ0) is 14.0. The number of halogens is 3. The normalized spacial score (nSPS) is 10.1. The molecule has 0 saturated heterocycles. The second-order valence-electron chi connectivity index (χ2n) is 3.99. The second-order valence-corrected chi connectivity index (χ2v) is 3.99. The molecule has 0 aliphatic carbocycles. The second kappa shape index (κ2) is 5.02. The third-order valence-electron chi connectivity index (χ3n) is 2.65. The van der Waals surface area contributed by atoms with Gasteiger partial charge in [-0.1, -0.05) is 12.1 Å². The van der Waals surface area contributed by atoms with E-state index in [9.17, 15) is 13.2 Å². The molecule has 0 aliphatic rings. The first-order valence-electron chi connectivity index (χ1n) is 5.44. The van der Waals surface area contributed by atoms with Crippen LogP contribution in [0, 0.1) is 35.7 Å². The smallest absolute Gasteiger partial charge is 0.194 e. The van der Waals surface area contributed by atoms with Crippen LogP contribution in [0.4, 0.5) is 24.5 Å². The van der Waals surface area contributed by atoms with Gasteiger partial charge in [-0.2, -0.15) is 5.26 Å². The molecule has 0 radical (unpaired) electrons. The van der Waals surface area contributed by atoms with Gasteiger partial charge in [0, 0.05) is 17.8 Å². The highest BCUT2D eigenvalue weighted by Crippen LogP contribution is 2.26. The van der Waals surface area contributed by atoms with E-state index in [1.807, 2.05) is 6.07 Å². The lowest BCUT2D eigenvalue weighted by molar-refractivity contribution is 0.448. The Balaban J connectivity index is 2.45. The Morgan fingerprint density at radius 3 is 2.32 bits per heavy atom. The van der Waals surface area contributed by atoms with Crippen molar-refractivity contribution in [3.8, 4) is 6.07 Å². The van der Waals surface area contributed by atoms with Crippen LogP contribution in [0.5, 0.6) is 0 Å². The molecule has 2 aromatic carbocycles. The molecular weight excluding hydrogens is 253 g/mol. The van der Waals surface area contributed by atoms with E-state index in [0.717, 1.165) is 17.7 Å². The number of nitriles is 1. The van der Waals surface area contributed by atoms with Crippen molar-refractivity contribution in [3.63, 3.8) is 0 Å². The standard InChI is InChI=1S/C14H9F3N2/c1-8-3-2-4-9(7-18)14(8)19-10-5-11(15)13(17)12(16)6-10/h2-6,19H,1H3. The predicted octanol–water partition coefficient (Wildman–Crippen LogP) is 4.03. The Bertz CT molecular complexity index is 652.